The van der Waals surface area contributed by atoms with Crippen molar-refractivity contribution in [1.29, 1.82) is 0 Å². The summed E-state index contributed by atoms with van der Waals surface area (Å²) in [6.07, 6.45) is 0.863. The normalized spacial score (nSPS) is 12.2. The Morgan fingerprint density at radius 2 is 1.89 bits per heavy atom. The number of hydrogen-bond acceptors (Lipinski definition) is 2. The molecule has 0 aromatic heterocycles. The van der Waals surface area contributed by atoms with Crippen molar-refractivity contribution in [2.45, 2.75) is 26.3 Å². The van der Waals surface area contributed by atoms with Crippen molar-refractivity contribution in [3.63, 3.8) is 0 Å². The SMILES string of the molecule is CC[C@H](N)c1ccccc1Oc1cc(C)ccc1Cl. The Kier molecular flexibility index (Phi) is 4.46. The van der Waals surface area contributed by atoms with Crippen molar-refractivity contribution < 1.29 is 4.74 Å². The molecular weight excluding hydrogens is 258 g/mol. The number of hydrogen-bond donors (Lipinski definition) is 1. The highest BCUT2D eigenvalue weighted by Gasteiger charge is 2.12. The molecule has 0 aliphatic heterocycles. The second kappa shape index (κ2) is 6.09. The zero-order chi connectivity index (χ0) is 13.8. The lowest BCUT2D eigenvalue weighted by Gasteiger charge is -2.16. The van der Waals surface area contributed by atoms with Crippen LogP contribution in [0.1, 0.15) is 30.5 Å². The quantitative estimate of drug-likeness (QED) is 0.866. The van der Waals surface area contributed by atoms with Gasteiger partial charge in [-0.2, -0.15) is 0 Å². The van der Waals surface area contributed by atoms with Crippen LogP contribution < -0.4 is 10.5 Å². The van der Waals surface area contributed by atoms with E-state index in [1.54, 1.807) is 0 Å². The molecule has 2 N–H and O–H groups in total. The van der Waals surface area contributed by atoms with Crippen molar-refractivity contribution in [3.05, 3.63) is 58.6 Å². The number of benzene rings is 2. The highest BCUT2D eigenvalue weighted by molar-refractivity contribution is 6.32. The summed E-state index contributed by atoms with van der Waals surface area (Å²) in [6.45, 7) is 4.06. The largest absolute Gasteiger partial charge is 0.455 e. The van der Waals surface area contributed by atoms with E-state index in [1.807, 2.05) is 49.4 Å². The first-order valence-corrected chi connectivity index (χ1v) is 6.78. The van der Waals surface area contributed by atoms with Crippen LogP contribution in [0.15, 0.2) is 42.5 Å². The maximum atomic E-state index is 6.16. The number of para-hydroxylation sites is 1. The molecule has 0 aliphatic rings. The van der Waals surface area contributed by atoms with Gasteiger partial charge in [0.2, 0.25) is 0 Å². The molecule has 0 amide bonds. The fourth-order valence-corrected chi connectivity index (χ4v) is 2.06. The molecule has 100 valence electrons. The van der Waals surface area contributed by atoms with Crippen LogP contribution in [-0.2, 0) is 0 Å². The van der Waals surface area contributed by atoms with Gasteiger partial charge in [0.1, 0.15) is 11.5 Å². The van der Waals surface area contributed by atoms with E-state index in [0.29, 0.717) is 10.8 Å². The number of rotatable bonds is 4. The molecule has 0 heterocycles. The number of halogens is 1. The van der Waals surface area contributed by atoms with E-state index in [1.165, 1.54) is 0 Å². The smallest absolute Gasteiger partial charge is 0.146 e. The maximum Gasteiger partial charge on any atom is 0.146 e. The van der Waals surface area contributed by atoms with Gasteiger partial charge in [-0.15, -0.1) is 0 Å². The van der Waals surface area contributed by atoms with E-state index in [2.05, 4.69) is 6.92 Å². The second-order valence-electron chi connectivity index (χ2n) is 4.59. The lowest BCUT2D eigenvalue weighted by atomic mass is 10.0. The molecule has 3 heteroatoms. The average molecular weight is 276 g/mol. The first-order chi connectivity index (χ1) is 9.11. The van der Waals surface area contributed by atoms with Crippen molar-refractivity contribution in [3.8, 4) is 11.5 Å². The predicted molar refractivity (Wildman–Crippen MR) is 79.9 cm³/mol. The Morgan fingerprint density at radius 1 is 1.16 bits per heavy atom. The van der Waals surface area contributed by atoms with Gasteiger partial charge in [0, 0.05) is 11.6 Å². The first kappa shape index (κ1) is 13.9. The van der Waals surface area contributed by atoms with Crippen molar-refractivity contribution in [1.82, 2.24) is 0 Å². The van der Waals surface area contributed by atoms with Gasteiger partial charge >= 0.3 is 0 Å². The minimum Gasteiger partial charge on any atom is -0.455 e. The molecule has 19 heavy (non-hydrogen) atoms. The summed E-state index contributed by atoms with van der Waals surface area (Å²) in [5, 5.41) is 0.602. The molecular formula is C16H18ClNO. The minimum atomic E-state index is -0.0280. The van der Waals surface area contributed by atoms with E-state index >= 15 is 0 Å². The van der Waals surface area contributed by atoms with Gasteiger partial charge in [0.15, 0.2) is 0 Å². The van der Waals surface area contributed by atoms with Gasteiger partial charge in [-0.05, 0) is 37.1 Å². The van der Waals surface area contributed by atoms with Crippen LogP contribution in [0.25, 0.3) is 0 Å². The second-order valence-corrected chi connectivity index (χ2v) is 5.00. The Labute approximate surface area is 119 Å². The predicted octanol–water partition coefficient (Wildman–Crippen LogP) is 4.85. The molecule has 0 fully saturated rings. The molecule has 2 aromatic carbocycles. The van der Waals surface area contributed by atoms with Crippen LogP contribution in [0.5, 0.6) is 11.5 Å². The summed E-state index contributed by atoms with van der Waals surface area (Å²) in [6, 6.07) is 13.5. The molecule has 2 aromatic rings. The van der Waals surface area contributed by atoms with Gasteiger partial charge in [-0.3, -0.25) is 0 Å². The molecule has 0 aliphatic carbocycles. The van der Waals surface area contributed by atoms with Gasteiger partial charge in [0.05, 0.1) is 5.02 Å². The van der Waals surface area contributed by atoms with Crippen LogP contribution in [0, 0.1) is 6.92 Å². The molecule has 1 atom stereocenters. The fraction of sp³-hybridized carbons (Fsp3) is 0.250. The Hall–Kier alpha value is -1.51. The van der Waals surface area contributed by atoms with Crippen LogP contribution in [0.4, 0.5) is 0 Å². The maximum absolute atomic E-state index is 6.16. The molecule has 0 saturated heterocycles. The van der Waals surface area contributed by atoms with Crippen molar-refractivity contribution in [2.24, 2.45) is 5.73 Å². The Balaban J connectivity index is 2.35. The highest BCUT2D eigenvalue weighted by atomic mass is 35.5. The molecule has 0 spiro atoms. The van der Waals surface area contributed by atoms with Crippen LogP contribution in [0.3, 0.4) is 0 Å². The number of nitrogens with two attached hydrogens (primary N) is 1. The summed E-state index contributed by atoms with van der Waals surface area (Å²) < 4.78 is 5.93. The molecule has 0 bridgehead atoms. The van der Waals surface area contributed by atoms with Gasteiger partial charge in [0.25, 0.3) is 0 Å². The topological polar surface area (TPSA) is 35.2 Å². The zero-order valence-electron chi connectivity index (χ0n) is 11.2. The fourth-order valence-electron chi connectivity index (χ4n) is 1.91. The van der Waals surface area contributed by atoms with E-state index in [9.17, 15) is 0 Å². The third-order valence-corrected chi connectivity index (χ3v) is 3.38. The molecule has 0 saturated carbocycles. The van der Waals surface area contributed by atoms with Crippen LogP contribution in [-0.4, -0.2) is 0 Å². The molecule has 2 rings (SSSR count). The van der Waals surface area contributed by atoms with E-state index < -0.39 is 0 Å². The third kappa shape index (κ3) is 3.28. The Morgan fingerprint density at radius 3 is 2.63 bits per heavy atom. The molecule has 0 radical (unpaired) electrons. The average Bonchev–Trinajstić information content (AvgIpc) is 2.42. The van der Waals surface area contributed by atoms with Crippen molar-refractivity contribution >= 4 is 11.6 Å². The Bertz CT molecular complexity index is 568. The summed E-state index contributed by atoms with van der Waals surface area (Å²) in [4.78, 5) is 0. The summed E-state index contributed by atoms with van der Waals surface area (Å²) >= 11 is 6.16. The molecule has 0 unspecified atom stereocenters. The van der Waals surface area contributed by atoms with Crippen molar-refractivity contribution in [2.75, 3.05) is 0 Å². The summed E-state index contributed by atoms with van der Waals surface area (Å²) in [7, 11) is 0. The zero-order valence-corrected chi connectivity index (χ0v) is 11.9. The van der Waals surface area contributed by atoms with Gasteiger partial charge < -0.3 is 10.5 Å². The first-order valence-electron chi connectivity index (χ1n) is 6.40. The van der Waals surface area contributed by atoms with Crippen LogP contribution >= 0.6 is 11.6 Å². The monoisotopic (exact) mass is 275 g/mol. The molecule has 2 nitrogen and oxygen atoms in total. The van der Waals surface area contributed by atoms with E-state index in [0.717, 1.165) is 23.3 Å². The van der Waals surface area contributed by atoms with E-state index in [-0.39, 0.29) is 6.04 Å². The van der Waals surface area contributed by atoms with Gasteiger partial charge in [-0.25, -0.2) is 0 Å². The summed E-state index contributed by atoms with van der Waals surface area (Å²) in [5.41, 5.74) is 8.21. The standard InChI is InChI=1S/C16H18ClNO/c1-3-14(18)12-6-4-5-7-15(12)19-16-10-11(2)8-9-13(16)17/h4-10,14H,3,18H2,1-2H3/t14-/m0/s1. The lowest BCUT2D eigenvalue weighted by Crippen LogP contribution is -2.09. The van der Waals surface area contributed by atoms with Crippen LogP contribution in [0.2, 0.25) is 5.02 Å². The number of aryl methyl sites for hydroxylation is 1. The lowest BCUT2D eigenvalue weighted by molar-refractivity contribution is 0.468. The van der Waals surface area contributed by atoms with E-state index in [4.69, 9.17) is 22.1 Å². The third-order valence-electron chi connectivity index (χ3n) is 3.06. The summed E-state index contributed by atoms with van der Waals surface area (Å²) in [5.74, 6) is 1.43. The highest BCUT2D eigenvalue weighted by Crippen LogP contribution is 2.34. The number of ether oxygens (including phenoxy) is 1. The van der Waals surface area contributed by atoms with Gasteiger partial charge in [-0.1, -0.05) is 42.8 Å². The minimum absolute atomic E-state index is 0.0280.